The maximum atomic E-state index is 12.8. The van der Waals surface area contributed by atoms with E-state index in [1.807, 2.05) is 0 Å². The van der Waals surface area contributed by atoms with Crippen LogP contribution in [-0.2, 0) is 32.7 Å². The van der Waals surface area contributed by atoms with Gasteiger partial charge in [-0.2, -0.15) is 4.31 Å². The SMILES string of the molecule is C[C@@H](C(=O)NCc1ccco1)N(Cc1ccc(Cl)cc1)C(=O)CN(C)S(C)(=O)=O. The normalized spacial score (nSPS) is 12.6. The molecule has 0 bridgehead atoms. The van der Waals surface area contributed by atoms with Gasteiger partial charge < -0.3 is 14.6 Å². The molecular weight excluding hydrogens is 418 g/mol. The fourth-order valence-electron chi connectivity index (χ4n) is 2.50. The average Bonchev–Trinajstić information content (AvgIpc) is 3.17. The van der Waals surface area contributed by atoms with E-state index in [4.69, 9.17) is 16.0 Å². The molecule has 0 radical (unpaired) electrons. The molecule has 1 N–H and O–H groups in total. The zero-order valence-electron chi connectivity index (χ0n) is 16.5. The molecule has 0 aliphatic carbocycles. The highest BCUT2D eigenvalue weighted by molar-refractivity contribution is 7.88. The van der Waals surface area contributed by atoms with Gasteiger partial charge in [-0.25, -0.2) is 8.42 Å². The van der Waals surface area contributed by atoms with Crippen LogP contribution < -0.4 is 5.32 Å². The Balaban J connectivity index is 2.16. The van der Waals surface area contributed by atoms with Crippen LogP contribution >= 0.6 is 11.6 Å². The Morgan fingerprint density at radius 3 is 2.41 bits per heavy atom. The van der Waals surface area contributed by atoms with Crippen molar-refractivity contribution in [3.05, 3.63) is 59.0 Å². The van der Waals surface area contributed by atoms with Crippen molar-refractivity contribution in [2.75, 3.05) is 19.8 Å². The van der Waals surface area contributed by atoms with Crippen molar-refractivity contribution in [1.82, 2.24) is 14.5 Å². The highest BCUT2D eigenvalue weighted by Gasteiger charge is 2.28. The van der Waals surface area contributed by atoms with E-state index in [-0.39, 0.29) is 25.5 Å². The number of furan rings is 1. The number of hydrogen-bond donors (Lipinski definition) is 1. The summed E-state index contributed by atoms with van der Waals surface area (Å²) < 4.78 is 29.5. The minimum absolute atomic E-state index is 0.128. The second-order valence-electron chi connectivity index (χ2n) is 6.64. The standard InChI is InChI=1S/C19H24ClN3O5S/c1-14(19(25)21-11-17-5-4-10-28-17)23(12-15-6-8-16(20)9-7-15)18(24)13-22(2)29(3,26)27/h4-10,14H,11-13H2,1-3H3,(H,21,25)/t14-/m0/s1. The second-order valence-corrected chi connectivity index (χ2v) is 9.17. The van der Waals surface area contributed by atoms with Crippen LogP contribution in [0.4, 0.5) is 0 Å². The van der Waals surface area contributed by atoms with Crippen molar-refractivity contribution in [3.8, 4) is 0 Å². The molecule has 0 aliphatic rings. The summed E-state index contributed by atoms with van der Waals surface area (Å²) in [6.45, 7) is 1.53. The van der Waals surface area contributed by atoms with E-state index in [0.717, 1.165) is 16.1 Å². The molecule has 1 heterocycles. The molecule has 8 nitrogen and oxygen atoms in total. The molecule has 2 aromatic rings. The van der Waals surface area contributed by atoms with Crippen LogP contribution in [0.25, 0.3) is 0 Å². The molecule has 0 unspecified atom stereocenters. The van der Waals surface area contributed by atoms with Crippen LogP contribution in [0, 0.1) is 0 Å². The van der Waals surface area contributed by atoms with Crippen LogP contribution in [0.1, 0.15) is 18.2 Å². The summed E-state index contributed by atoms with van der Waals surface area (Å²) in [5, 5.41) is 3.27. The lowest BCUT2D eigenvalue weighted by Gasteiger charge is -2.30. The second kappa shape index (κ2) is 9.91. The van der Waals surface area contributed by atoms with E-state index < -0.39 is 22.0 Å². The largest absolute Gasteiger partial charge is 0.467 e. The summed E-state index contributed by atoms with van der Waals surface area (Å²) in [6, 6.07) is 9.46. The molecule has 29 heavy (non-hydrogen) atoms. The Labute approximate surface area is 175 Å². The molecule has 1 atom stereocenters. The van der Waals surface area contributed by atoms with Gasteiger partial charge in [0.1, 0.15) is 11.8 Å². The molecule has 0 aliphatic heterocycles. The van der Waals surface area contributed by atoms with E-state index in [0.29, 0.717) is 10.8 Å². The van der Waals surface area contributed by atoms with Crippen LogP contribution in [-0.4, -0.2) is 55.3 Å². The van der Waals surface area contributed by atoms with Crippen LogP contribution in [0.3, 0.4) is 0 Å². The Hall–Kier alpha value is -2.36. The smallest absolute Gasteiger partial charge is 0.242 e. The van der Waals surface area contributed by atoms with Crippen LogP contribution in [0.15, 0.2) is 47.1 Å². The van der Waals surface area contributed by atoms with Gasteiger partial charge in [-0.3, -0.25) is 9.59 Å². The molecule has 1 aromatic heterocycles. The number of halogens is 1. The first-order valence-corrected chi connectivity index (χ1v) is 11.1. The quantitative estimate of drug-likeness (QED) is 0.640. The minimum atomic E-state index is -3.54. The predicted octanol–water partition coefficient (Wildman–Crippen LogP) is 1.86. The number of carbonyl (C=O) groups excluding carboxylic acids is 2. The van der Waals surface area contributed by atoms with Crippen molar-refractivity contribution in [1.29, 1.82) is 0 Å². The number of likely N-dealkylation sites (N-methyl/N-ethyl adjacent to an activating group) is 1. The first kappa shape index (κ1) is 22.9. The summed E-state index contributed by atoms with van der Waals surface area (Å²) in [5.74, 6) is -0.294. The topological polar surface area (TPSA) is 99.9 Å². The van der Waals surface area contributed by atoms with Gasteiger partial charge in [0.25, 0.3) is 0 Å². The summed E-state index contributed by atoms with van der Waals surface area (Å²) in [5.41, 5.74) is 0.760. The maximum Gasteiger partial charge on any atom is 0.242 e. The van der Waals surface area contributed by atoms with Gasteiger partial charge in [0.15, 0.2) is 0 Å². The van der Waals surface area contributed by atoms with E-state index in [1.165, 1.54) is 18.2 Å². The predicted molar refractivity (Wildman–Crippen MR) is 109 cm³/mol. The molecular formula is C19H24ClN3O5S. The summed E-state index contributed by atoms with van der Waals surface area (Å²) in [4.78, 5) is 26.8. The lowest BCUT2D eigenvalue weighted by atomic mass is 10.1. The summed E-state index contributed by atoms with van der Waals surface area (Å²) >= 11 is 5.91. The van der Waals surface area contributed by atoms with Crippen molar-refractivity contribution in [2.45, 2.75) is 26.1 Å². The number of amides is 2. The molecule has 0 fully saturated rings. The number of sulfonamides is 1. The van der Waals surface area contributed by atoms with Crippen molar-refractivity contribution in [3.63, 3.8) is 0 Å². The maximum absolute atomic E-state index is 12.8. The molecule has 0 spiro atoms. The highest BCUT2D eigenvalue weighted by Crippen LogP contribution is 2.14. The Bertz CT molecular complexity index is 929. The Morgan fingerprint density at radius 2 is 1.86 bits per heavy atom. The van der Waals surface area contributed by atoms with Gasteiger partial charge in [-0.15, -0.1) is 0 Å². The monoisotopic (exact) mass is 441 g/mol. The van der Waals surface area contributed by atoms with Gasteiger partial charge in [-0.05, 0) is 36.8 Å². The molecule has 2 amide bonds. The van der Waals surface area contributed by atoms with Gasteiger partial charge in [-0.1, -0.05) is 23.7 Å². The number of benzene rings is 1. The lowest BCUT2D eigenvalue weighted by Crippen LogP contribution is -2.50. The van der Waals surface area contributed by atoms with E-state index >= 15 is 0 Å². The molecule has 0 saturated carbocycles. The third-order valence-electron chi connectivity index (χ3n) is 4.37. The van der Waals surface area contributed by atoms with Gasteiger partial charge >= 0.3 is 0 Å². The third kappa shape index (κ3) is 6.88. The first-order chi connectivity index (χ1) is 13.6. The van der Waals surface area contributed by atoms with Crippen LogP contribution in [0.5, 0.6) is 0 Å². The number of carbonyl (C=O) groups is 2. The average molecular weight is 442 g/mol. The van der Waals surface area contributed by atoms with Gasteiger partial charge in [0.05, 0.1) is 25.6 Å². The molecule has 10 heteroatoms. The Morgan fingerprint density at radius 1 is 1.21 bits per heavy atom. The summed E-state index contributed by atoms with van der Waals surface area (Å²) in [6.07, 6.45) is 2.52. The van der Waals surface area contributed by atoms with E-state index in [9.17, 15) is 18.0 Å². The number of nitrogens with one attached hydrogen (secondary N) is 1. The lowest BCUT2D eigenvalue weighted by molar-refractivity contribution is -0.140. The number of rotatable bonds is 9. The molecule has 2 rings (SSSR count). The first-order valence-electron chi connectivity index (χ1n) is 8.83. The third-order valence-corrected chi connectivity index (χ3v) is 5.89. The van der Waals surface area contributed by atoms with Crippen molar-refractivity contribution >= 4 is 33.4 Å². The minimum Gasteiger partial charge on any atom is -0.467 e. The van der Waals surface area contributed by atoms with Gasteiger partial charge in [0, 0.05) is 18.6 Å². The molecule has 1 aromatic carbocycles. The van der Waals surface area contributed by atoms with Crippen LogP contribution in [0.2, 0.25) is 5.02 Å². The molecule has 0 saturated heterocycles. The van der Waals surface area contributed by atoms with Gasteiger partial charge in [0.2, 0.25) is 21.8 Å². The molecule has 158 valence electrons. The van der Waals surface area contributed by atoms with Crippen molar-refractivity contribution in [2.24, 2.45) is 0 Å². The highest BCUT2D eigenvalue weighted by atomic mass is 35.5. The van der Waals surface area contributed by atoms with Crippen molar-refractivity contribution < 1.29 is 22.4 Å². The van der Waals surface area contributed by atoms with E-state index in [2.05, 4.69) is 5.32 Å². The fraction of sp³-hybridized carbons (Fsp3) is 0.368. The number of hydrogen-bond acceptors (Lipinski definition) is 5. The summed E-state index contributed by atoms with van der Waals surface area (Å²) in [7, 11) is -2.23. The fourth-order valence-corrected chi connectivity index (χ4v) is 2.97. The van der Waals surface area contributed by atoms with E-state index in [1.54, 1.807) is 43.3 Å². The number of nitrogens with zero attached hydrogens (tertiary/aromatic N) is 2. The zero-order valence-corrected chi connectivity index (χ0v) is 18.0. The Kier molecular flexibility index (Phi) is 7.83. The zero-order chi connectivity index (χ0) is 21.6.